The molecule has 0 atom stereocenters. The molecule has 3 aromatic rings. The Hall–Kier alpha value is -2.65. The minimum atomic E-state index is -2.52. The van der Waals surface area contributed by atoms with E-state index in [1.54, 1.807) is 60.7 Å². The molecule has 0 spiro atoms. The summed E-state index contributed by atoms with van der Waals surface area (Å²) < 4.78 is 50.0. The van der Waals surface area contributed by atoms with Crippen LogP contribution in [0.2, 0.25) is 0 Å². The lowest BCUT2D eigenvalue weighted by atomic mass is 10.1. The Labute approximate surface area is 179 Å². The third-order valence-electron chi connectivity index (χ3n) is 3.85. The molecule has 30 heavy (non-hydrogen) atoms. The number of thioether (sulfide) groups is 2. The summed E-state index contributed by atoms with van der Waals surface area (Å²) in [5.74, 6) is -5.43. The van der Waals surface area contributed by atoms with Crippen molar-refractivity contribution in [2.24, 2.45) is 0 Å². The molecule has 0 fully saturated rings. The zero-order chi connectivity index (χ0) is 21.5. The second-order valence-electron chi connectivity index (χ2n) is 5.93. The molecule has 9 heteroatoms. The molecule has 2 N–H and O–H groups in total. The van der Waals surface area contributed by atoms with Gasteiger partial charge in [0.05, 0.1) is 11.3 Å². The number of anilines is 3. The Morgan fingerprint density at radius 1 is 0.733 bits per heavy atom. The fraction of sp³-hybridized carbons (Fsp3) is 0.0952. The number of rotatable bonds is 8. The van der Waals surface area contributed by atoms with Gasteiger partial charge < -0.3 is 10.6 Å². The van der Waals surface area contributed by atoms with Crippen molar-refractivity contribution in [2.75, 3.05) is 10.6 Å². The number of para-hydroxylation sites is 1. The summed E-state index contributed by atoms with van der Waals surface area (Å²) in [5, 5.41) is 5.80. The van der Waals surface area contributed by atoms with Crippen LogP contribution >= 0.6 is 23.5 Å². The number of alkyl halides is 4. The molecule has 0 aliphatic rings. The molecule has 1 amide bonds. The van der Waals surface area contributed by atoms with Crippen LogP contribution in [0, 0.1) is 0 Å². The van der Waals surface area contributed by atoms with Crippen LogP contribution in [-0.4, -0.2) is 17.4 Å². The van der Waals surface area contributed by atoms with Crippen LogP contribution in [0.15, 0.2) is 82.6 Å². The third-order valence-corrected chi connectivity index (χ3v) is 5.27. The van der Waals surface area contributed by atoms with E-state index in [4.69, 9.17) is 0 Å². The Kier molecular flexibility index (Phi) is 7.64. The quantitative estimate of drug-likeness (QED) is 0.278. The van der Waals surface area contributed by atoms with Crippen molar-refractivity contribution in [3.8, 4) is 0 Å². The predicted molar refractivity (Wildman–Crippen MR) is 114 cm³/mol. The van der Waals surface area contributed by atoms with Gasteiger partial charge in [0.25, 0.3) is 17.4 Å². The SMILES string of the molecule is O=C(Nc1ccc(SC(F)F)cc1)c1ccccc1Nc1cccc(SC(F)F)c1. The summed E-state index contributed by atoms with van der Waals surface area (Å²) in [4.78, 5) is 13.5. The van der Waals surface area contributed by atoms with Crippen LogP contribution in [0.3, 0.4) is 0 Å². The molecule has 0 saturated carbocycles. The van der Waals surface area contributed by atoms with E-state index < -0.39 is 17.4 Å². The summed E-state index contributed by atoms with van der Waals surface area (Å²) in [6, 6.07) is 19.4. The molecule has 0 aliphatic heterocycles. The van der Waals surface area contributed by atoms with Gasteiger partial charge in [0.15, 0.2) is 0 Å². The number of amides is 1. The number of carbonyl (C=O) groups is 1. The Morgan fingerprint density at radius 2 is 1.40 bits per heavy atom. The topological polar surface area (TPSA) is 41.1 Å². The lowest BCUT2D eigenvalue weighted by Crippen LogP contribution is -2.13. The zero-order valence-corrected chi connectivity index (χ0v) is 17.0. The first-order chi connectivity index (χ1) is 14.4. The van der Waals surface area contributed by atoms with E-state index in [1.807, 2.05) is 0 Å². The average molecular weight is 452 g/mol. The van der Waals surface area contributed by atoms with E-state index in [2.05, 4.69) is 10.6 Å². The number of benzene rings is 3. The Bertz CT molecular complexity index is 1000. The largest absolute Gasteiger partial charge is 0.355 e. The average Bonchev–Trinajstić information content (AvgIpc) is 2.69. The molecule has 156 valence electrons. The van der Waals surface area contributed by atoms with Gasteiger partial charge in [0.2, 0.25) is 0 Å². The highest BCUT2D eigenvalue weighted by molar-refractivity contribution is 7.99. The first-order valence-corrected chi connectivity index (χ1v) is 10.4. The Morgan fingerprint density at radius 3 is 2.10 bits per heavy atom. The number of hydrogen-bond donors (Lipinski definition) is 2. The standard InChI is InChI=1S/C21H16F4N2OS2/c22-20(23)29-15-10-8-13(9-11-15)27-19(28)17-6-1-2-7-18(17)26-14-4-3-5-16(12-14)30-21(24)25/h1-12,20-21,26H,(H,27,28). The molecular formula is C21H16F4N2OS2. The van der Waals surface area contributed by atoms with Crippen molar-refractivity contribution in [3.05, 3.63) is 78.4 Å². The second-order valence-corrected chi connectivity index (χ2v) is 8.06. The lowest BCUT2D eigenvalue weighted by molar-refractivity contribution is 0.102. The highest BCUT2D eigenvalue weighted by Gasteiger charge is 2.13. The van der Waals surface area contributed by atoms with E-state index in [0.29, 0.717) is 55.9 Å². The maximum atomic E-state index is 12.7. The summed E-state index contributed by atoms with van der Waals surface area (Å²) in [6.07, 6.45) is 0. The maximum absolute atomic E-state index is 12.7. The van der Waals surface area contributed by atoms with Gasteiger partial charge in [-0.05, 0) is 54.6 Å². The van der Waals surface area contributed by atoms with Crippen molar-refractivity contribution in [3.63, 3.8) is 0 Å². The summed E-state index contributed by atoms with van der Waals surface area (Å²) in [7, 11) is 0. The van der Waals surface area contributed by atoms with E-state index in [1.165, 1.54) is 12.1 Å². The van der Waals surface area contributed by atoms with E-state index in [9.17, 15) is 22.4 Å². The number of hydrogen-bond acceptors (Lipinski definition) is 4. The third kappa shape index (κ3) is 6.43. The minimum absolute atomic E-state index is 0.343. The number of halogens is 4. The van der Waals surface area contributed by atoms with Crippen molar-refractivity contribution >= 4 is 46.5 Å². The molecular weight excluding hydrogens is 436 g/mol. The van der Waals surface area contributed by atoms with Crippen LogP contribution in [0.25, 0.3) is 0 Å². The fourth-order valence-electron chi connectivity index (χ4n) is 2.61. The van der Waals surface area contributed by atoms with Gasteiger partial charge in [-0.25, -0.2) is 0 Å². The molecule has 3 rings (SSSR count). The van der Waals surface area contributed by atoms with Crippen LogP contribution in [-0.2, 0) is 0 Å². The molecule has 0 aliphatic carbocycles. The first kappa shape index (κ1) is 22.0. The van der Waals surface area contributed by atoms with Gasteiger partial charge >= 0.3 is 0 Å². The van der Waals surface area contributed by atoms with Crippen molar-refractivity contribution in [1.82, 2.24) is 0 Å². The van der Waals surface area contributed by atoms with Gasteiger partial charge in [-0.1, -0.05) is 41.7 Å². The molecule has 0 aromatic heterocycles. The molecule has 0 saturated heterocycles. The molecule has 0 unspecified atom stereocenters. The van der Waals surface area contributed by atoms with E-state index >= 15 is 0 Å². The van der Waals surface area contributed by atoms with E-state index in [-0.39, 0.29) is 0 Å². The second kappa shape index (κ2) is 10.4. The molecule has 3 nitrogen and oxygen atoms in total. The summed E-state index contributed by atoms with van der Waals surface area (Å²) >= 11 is 0.865. The monoisotopic (exact) mass is 452 g/mol. The molecule has 0 bridgehead atoms. The molecule has 0 radical (unpaired) electrons. The smallest absolute Gasteiger partial charge is 0.288 e. The van der Waals surface area contributed by atoms with Gasteiger partial charge in [-0.15, -0.1) is 0 Å². The van der Waals surface area contributed by atoms with Crippen LogP contribution in [0.4, 0.5) is 34.6 Å². The first-order valence-electron chi connectivity index (χ1n) is 8.68. The van der Waals surface area contributed by atoms with Gasteiger partial charge in [-0.3, -0.25) is 4.79 Å². The molecule has 3 aromatic carbocycles. The van der Waals surface area contributed by atoms with Gasteiger partial charge in [0.1, 0.15) is 0 Å². The Balaban J connectivity index is 1.74. The summed E-state index contributed by atoms with van der Waals surface area (Å²) in [6.45, 7) is 0. The predicted octanol–water partition coefficient (Wildman–Crippen LogP) is 7.31. The lowest BCUT2D eigenvalue weighted by Gasteiger charge is -2.13. The van der Waals surface area contributed by atoms with Crippen molar-refractivity contribution < 1.29 is 22.4 Å². The zero-order valence-electron chi connectivity index (χ0n) is 15.3. The number of carbonyl (C=O) groups excluding carboxylic acids is 1. The molecule has 0 heterocycles. The van der Waals surface area contributed by atoms with Crippen LogP contribution in [0.1, 0.15) is 10.4 Å². The minimum Gasteiger partial charge on any atom is -0.355 e. The fourth-order valence-corrected chi connectivity index (χ4v) is 3.67. The summed E-state index contributed by atoms with van der Waals surface area (Å²) in [5.41, 5.74) is 1.87. The van der Waals surface area contributed by atoms with Gasteiger partial charge in [0, 0.05) is 21.2 Å². The normalized spacial score (nSPS) is 11.0. The number of nitrogens with one attached hydrogen (secondary N) is 2. The van der Waals surface area contributed by atoms with E-state index in [0.717, 1.165) is 0 Å². The highest BCUT2D eigenvalue weighted by Crippen LogP contribution is 2.30. The van der Waals surface area contributed by atoms with Gasteiger partial charge in [-0.2, -0.15) is 17.6 Å². The van der Waals surface area contributed by atoms with Crippen LogP contribution in [0.5, 0.6) is 0 Å². The van der Waals surface area contributed by atoms with Crippen molar-refractivity contribution in [1.29, 1.82) is 0 Å². The van der Waals surface area contributed by atoms with Crippen molar-refractivity contribution in [2.45, 2.75) is 21.3 Å². The highest BCUT2D eigenvalue weighted by atomic mass is 32.2. The maximum Gasteiger partial charge on any atom is 0.288 e. The van der Waals surface area contributed by atoms with Crippen LogP contribution < -0.4 is 10.6 Å².